The van der Waals surface area contributed by atoms with Gasteiger partial charge in [-0.05, 0) is 25.0 Å². The summed E-state index contributed by atoms with van der Waals surface area (Å²) in [6, 6.07) is 9.40. The topological polar surface area (TPSA) is 85.0 Å². The van der Waals surface area contributed by atoms with E-state index < -0.39 is 6.04 Å². The first-order chi connectivity index (χ1) is 15.1. The van der Waals surface area contributed by atoms with Gasteiger partial charge in [-0.25, -0.2) is 4.79 Å². The molecule has 1 unspecified atom stereocenters. The van der Waals surface area contributed by atoms with Gasteiger partial charge in [-0.2, -0.15) is 0 Å². The first-order valence-corrected chi connectivity index (χ1v) is 11.5. The Hall–Kier alpha value is -2.77. The van der Waals surface area contributed by atoms with Gasteiger partial charge in [-0.15, -0.1) is 0 Å². The second-order valence-corrected chi connectivity index (χ2v) is 8.69. The molecule has 1 atom stereocenters. The molecule has 8 heteroatoms. The maximum atomic E-state index is 13.0. The average Bonchev–Trinajstić information content (AvgIpc) is 2.81. The zero-order valence-corrected chi connectivity index (χ0v) is 18.1. The molecule has 8 nitrogen and oxygen atoms in total. The Morgan fingerprint density at radius 1 is 0.968 bits per heavy atom. The van der Waals surface area contributed by atoms with Crippen molar-refractivity contribution in [2.75, 3.05) is 44.2 Å². The van der Waals surface area contributed by atoms with Gasteiger partial charge in [0.05, 0.1) is 6.42 Å². The highest BCUT2D eigenvalue weighted by molar-refractivity contribution is 5.92. The van der Waals surface area contributed by atoms with Gasteiger partial charge in [0.25, 0.3) is 0 Å². The highest BCUT2D eigenvalue weighted by atomic mass is 16.2. The zero-order chi connectivity index (χ0) is 21.6. The summed E-state index contributed by atoms with van der Waals surface area (Å²) in [6.45, 7) is 3.63. The lowest BCUT2D eigenvalue weighted by atomic mass is 9.95. The smallest absolute Gasteiger partial charge is 0.318 e. The molecule has 2 N–H and O–H groups in total. The van der Waals surface area contributed by atoms with Crippen LogP contribution in [0.5, 0.6) is 0 Å². The fourth-order valence-corrected chi connectivity index (χ4v) is 4.81. The molecule has 168 valence electrons. The van der Waals surface area contributed by atoms with Crippen molar-refractivity contribution in [3.63, 3.8) is 0 Å². The maximum absolute atomic E-state index is 13.0. The molecule has 0 radical (unpaired) electrons. The van der Waals surface area contributed by atoms with Gasteiger partial charge in [0.15, 0.2) is 0 Å². The molecule has 1 saturated carbocycles. The number of amides is 4. The summed E-state index contributed by atoms with van der Waals surface area (Å²) >= 11 is 0. The molecule has 4 rings (SSSR count). The van der Waals surface area contributed by atoms with Crippen molar-refractivity contribution < 1.29 is 14.4 Å². The van der Waals surface area contributed by atoms with Crippen LogP contribution in [0.4, 0.5) is 10.5 Å². The number of hydrogen-bond acceptors (Lipinski definition) is 4. The van der Waals surface area contributed by atoms with Gasteiger partial charge in [0, 0.05) is 51.0 Å². The number of nitrogens with zero attached hydrogens (tertiary/aromatic N) is 3. The van der Waals surface area contributed by atoms with Crippen LogP contribution in [-0.4, -0.2) is 79.0 Å². The SMILES string of the molecule is O=C1NCCN(C(=O)NC2CCCCC2)C1CC(=O)N1CCN(c2ccccc2)CC1. The van der Waals surface area contributed by atoms with Gasteiger partial charge >= 0.3 is 6.03 Å². The quantitative estimate of drug-likeness (QED) is 0.764. The summed E-state index contributed by atoms with van der Waals surface area (Å²) in [6.07, 6.45) is 5.48. The number of piperazine rings is 2. The van der Waals surface area contributed by atoms with Crippen LogP contribution in [0.25, 0.3) is 0 Å². The number of hydrogen-bond donors (Lipinski definition) is 2. The first kappa shape index (κ1) is 21.5. The van der Waals surface area contributed by atoms with E-state index in [1.807, 2.05) is 23.1 Å². The van der Waals surface area contributed by atoms with E-state index in [0.717, 1.165) is 44.5 Å². The van der Waals surface area contributed by atoms with Crippen molar-refractivity contribution in [3.05, 3.63) is 30.3 Å². The number of para-hydroxylation sites is 1. The lowest BCUT2D eigenvalue weighted by Gasteiger charge is -2.39. The Morgan fingerprint density at radius 2 is 1.68 bits per heavy atom. The molecule has 4 amide bonds. The minimum atomic E-state index is -0.739. The third-order valence-corrected chi connectivity index (χ3v) is 6.65. The summed E-state index contributed by atoms with van der Waals surface area (Å²) in [5.74, 6) is -0.299. The van der Waals surface area contributed by atoms with E-state index in [4.69, 9.17) is 0 Å². The van der Waals surface area contributed by atoms with Crippen LogP contribution in [0.15, 0.2) is 30.3 Å². The molecule has 3 fully saturated rings. The number of carbonyl (C=O) groups excluding carboxylic acids is 3. The van der Waals surface area contributed by atoms with E-state index in [1.54, 1.807) is 4.90 Å². The summed E-state index contributed by atoms with van der Waals surface area (Å²) in [5, 5.41) is 5.91. The molecule has 2 saturated heterocycles. The van der Waals surface area contributed by atoms with E-state index in [1.165, 1.54) is 6.42 Å². The van der Waals surface area contributed by atoms with Crippen molar-refractivity contribution >= 4 is 23.5 Å². The predicted molar refractivity (Wildman–Crippen MR) is 119 cm³/mol. The Labute approximate surface area is 183 Å². The standard InChI is InChI=1S/C23H33N5O3/c29-21(27-15-13-26(14-16-27)19-9-5-2-6-10-19)17-20-22(30)24-11-12-28(20)23(31)25-18-7-3-1-4-8-18/h2,5-6,9-10,18,20H,1,3-4,7-8,11-17H2,(H,24,30)(H,25,31). The first-order valence-electron chi connectivity index (χ1n) is 11.5. The maximum Gasteiger partial charge on any atom is 0.318 e. The number of carbonyl (C=O) groups is 3. The van der Waals surface area contributed by atoms with Crippen molar-refractivity contribution in [2.24, 2.45) is 0 Å². The number of anilines is 1. The highest BCUT2D eigenvalue weighted by Crippen LogP contribution is 2.20. The Bertz CT molecular complexity index is 773. The minimum absolute atomic E-state index is 0.0370. The average molecular weight is 428 g/mol. The fraction of sp³-hybridized carbons (Fsp3) is 0.609. The van der Waals surface area contributed by atoms with E-state index in [-0.39, 0.29) is 30.3 Å². The molecular weight excluding hydrogens is 394 g/mol. The molecule has 0 bridgehead atoms. The normalized spacial score (nSPS) is 22.8. The van der Waals surface area contributed by atoms with Crippen LogP contribution < -0.4 is 15.5 Å². The van der Waals surface area contributed by atoms with Gasteiger partial charge < -0.3 is 25.3 Å². The van der Waals surface area contributed by atoms with E-state index in [2.05, 4.69) is 27.7 Å². The van der Waals surface area contributed by atoms with Crippen LogP contribution in [-0.2, 0) is 9.59 Å². The molecule has 31 heavy (non-hydrogen) atoms. The third kappa shape index (κ3) is 5.29. The number of nitrogens with one attached hydrogen (secondary N) is 2. The molecule has 3 aliphatic rings. The largest absolute Gasteiger partial charge is 0.368 e. The Balaban J connectivity index is 1.33. The molecule has 1 aromatic rings. The fourth-order valence-electron chi connectivity index (χ4n) is 4.81. The van der Waals surface area contributed by atoms with Crippen LogP contribution in [0.2, 0.25) is 0 Å². The van der Waals surface area contributed by atoms with Crippen LogP contribution in [0, 0.1) is 0 Å². The second kappa shape index (κ2) is 10.0. The zero-order valence-electron chi connectivity index (χ0n) is 18.1. The molecule has 2 aliphatic heterocycles. The van der Waals surface area contributed by atoms with Gasteiger partial charge in [0.2, 0.25) is 11.8 Å². The van der Waals surface area contributed by atoms with Crippen molar-refractivity contribution in [2.45, 2.75) is 50.6 Å². The minimum Gasteiger partial charge on any atom is -0.368 e. The van der Waals surface area contributed by atoms with Gasteiger partial charge in [-0.1, -0.05) is 37.5 Å². The summed E-state index contributed by atoms with van der Waals surface area (Å²) in [7, 11) is 0. The lowest BCUT2D eigenvalue weighted by Crippen LogP contribution is -2.61. The van der Waals surface area contributed by atoms with Gasteiger partial charge in [0.1, 0.15) is 6.04 Å². The van der Waals surface area contributed by atoms with Crippen LogP contribution in [0.1, 0.15) is 38.5 Å². The Morgan fingerprint density at radius 3 is 2.39 bits per heavy atom. The van der Waals surface area contributed by atoms with Crippen molar-refractivity contribution in [1.29, 1.82) is 0 Å². The van der Waals surface area contributed by atoms with E-state index in [0.29, 0.717) is 26.2 Å². The summed E-state index contributed by atoms with van der Waals surface area (Å²) in [4.78, 5) is 44.1. The monoisotopic (exact) mass is 427 g/mol. The highest BCUT2D eigenvalue weighted by Gasteiger charge is 2.37. The molecular formula is C23H33N5O3. The number of urea groups is 1. The summed E-state index contributed by atoms with van der Waals surface area (Å²) < 4.78 is 0. The van der Waals surface area contributed by atoms with E-state index >= 15 is 0 Å². The van der Waals surface area contributed by atoms with Crippen LogP contribution in [0.3, 0.4) is 0 Å². The molecule has 0 aromatic heterocycles. The number of rotatable bonds is 4. The Kier molecular flexibility index (Phi) is 6.94. The van der Waals surface area contributed by atoms with Crippen LogP contribution >= 0.6 is 0 Å². The second-order valence-electron chi connectivity index (χ2n) is 8.69. The van der Waals surface area contributed by atoms with Crippen molar-refractivity contribution in [3.8, 4) is 0 Å². The van der Waals surface area contributed by atoms with Crippen molar-refractivity contribution in [1.82, 2.24) is 20.4 Å². The predicted octanol–water partition coefficient (Wildman–Crippen LogP) is 1.57. The summed E-state index contributed by atoms with van der Waals surface area (Å²) in [5.41, 5.74) is 1.16. The number of benzene rings is 1. The molecule has 1 aliphatic carbocycles. The van der Waals surface area contributed by atoms with Gasteiger partial charge in [-0.3, -0.25) is 9.59 Å². The molecule has 0 spiro atoms. The molecule has 2 heterocycles. The van der Waals surface area contributed by atoms with E-state index in [9.17, 15) is 14.4 Å². The lowest BCUT2D eigenvalue weighted by molar-refractivity contribution is -0.137. The third-order valence-electron chi connectivity index (χ3n) is 6.65. The molecule has 1 aromatic carbocycles.